The van der Waals surface area contributed by atoms with Gasteiger partial charge in [-0.05, 0) is 104 Å². The van der Waals surface area contributed by atoms with Crippen molar-refractivity contribution in [3.8, 4) is 0 Å². The Morgan fingerprint density at radius 3 is 2.40 bits per heavy atom. The van der Waals surface area contributed by atoms with Gasteiger partial charge in [-0.2, -0.15) is 0 Å². The normalized spacial score (nSPS) is 28.2. The molecule has 0 N–H and O–H groups in total. The number of ether oxygens (including phenoxy) is 1. The Morgan fingerprint density at radius 1 is 1.09 bits per heavy atom. The van der Waals surface area contributed by atoms with Gasteiger partial charge in [0.1, 0.15) is 28.6 Å². The molecule has 2 unspecified atom stereocenters. The zero-order valence-corrected chi connectivity index (χ0v) is 26.7. The topological polar surface area (TPSA) is 73.1 Å². The lowest BCUT2D eigenvalue weighted by atomic mass is 9.93. The van der Waals surface area contributed by atoms with Crippen LogP contribution in [-0.4, -0.2) is 95.4 Å². The number of carbonyl (C=O) groups excluding carboxylic acids is 1. The van der Waals surface area contributed by atoms with Crippen molar-refractivity contribution in [1.82, 2.24) is 14.7 Å². The molecule has 0 aromatic heterocycles. The first-order chi connectivity index (χ1) is 21.6. The van der Waals surface area contributed by atoms with E-state index >= 15 is 8.78 Å². The Balaban J connectivity index is 1.26. The highest BCUT2D eigenvalue weighted by Gasteiger charge is 2.46. The van der Waals surface area contributed by atoms with E-state index in [-0.39, 0.29) is 46.9 Å². The Hall–Kier alpha value is -3.40. The van der Waals surface area contributed by atoms with Crippen molar-refractivity contribution in [2.75, 3.05) is 32.7 Å². The van der Waals surface area contributed by atoms with Crippen LogP contribution in [-0.2, 0) is 4.74 Å². The van der Waals surface area contributed by atoms with Gasteiger partial charge >= 0.3 is 6.09 Å². The van der Waals surface area contributed by atoms with Gasteiger partial charge in [-0.3, -0.25) is 19.8 Å². The van der Waals surface area contributed by atoms with Crippen molar-refractivity contribution in [2.45, 2.75) is 101 Å². The van der Waals surface area contributed by atoms with Crippen LogP contribution in [0.1, 0.15) is 89.2 Å². The number of carbonyl (C=O) groups is 1. The molecule has 4 saturated heterocycles. The molecule has 45 heavy (non-hydrogen) atoms. The minimum atomic E-state index is -0.580. The number of hydrogen-bond acceptors (Lipinski definition) is 7. The van der Waals surface area contributed by atoms with Gasteiger partial charge in [0.05, 0.1) is 24.2 Å². The van der Waals surface area contributed by atoms with Gasteiger partial charge in [0.2, 0.25) is 0 Å². The first-order valence-corrected chi connectivity index (χ1v) is 16.6. The lowest BCUT2D eigenvalue weighted by molar-refractivity contribution is -0.000492. The molecule has 8 nitrogen and oxygen atoms in total. The maximum absolute atomic E-state index is 16.9. The number of aliphatic imine (C=N–C) groups is 3. The summed E-state index contributed by atoms with van der Waals surface area (Å²) in [6, 6.07) is 4.74. The minimum Gasteiger partial charge on any atom is -0.444 e. The molecule has 0 spiro atoms. The number of allylic oxidation sites excluding steroid dienone is 2. The fourth-order valence-corrected chi connectivity index (χ4v) is 8.27. The number of rotatable bonds is 6. The zero-order chi connectivity index (χ0) is 31.5. The molecule has 2 atom stereocenters. The van der Waals surface area contributed by atoms with Crippen molar-refractivity contribution in [1.29, 1.82) is 0 Å². The monoisotopic (exact) mass is 618 g/mol. The van der Waals surface area contributed by atoms with Gasteiger partial charge in [0.25, 0.3) is 0 Å². The molecule has 10 heteroatoms. The standard InChI is InChI=1S/C35H44F2N6O2/c1-34(2,3)45-33(44)43-23-12-13-24(43)20-41(19-23)32(38-4)26-18-39-30(25-8-5-9-27(36)28(25)22-10-11-22)29(37)31(26)40-21-35-14-6-16-42(35)17-7-15-35/h5,8-9,18,22-24H,4,6-7,10-17,19-21H2,1-3H3/b32-26+,40-31+. The Bertz CT molecular complexity index is 1500. The van der Waals surface area contributed by atoms with Crippen LogP contribution in [0.4, 0.5) is 13.6 Å². The van der Waals surface area contributed by atoms with Gasteiger partial charge < -0.3 is 9.64 Å². The molecule has 1 amide bonds. The summed E-state index contributed by atoms with van der Waals surface area (Å²) in [7, 11) is 0. The molecular formula is C35H44F2N6O2. The van der Waals surface area contributed by atoms with Gasteiger partial charge in [-0.1, -0.05) is 12.1 Å². The third-order valence-corrected chi connectivity index (χ3v) is 10.4. The highest BCUT2D eigenvalue weighted by atomic mass is 19.1. The predicted molar refractivity (Wildman–Crippen MR) is 173 cm³/mol. The lowest BCUT2D eigenvalue weighted by Crippen LogP contribution is -2.56. The van der Waals surface area contributed by atoms with Crippen LogP contribution in [0, 0.1) is 5.82 Å². The maximum atomic E-state index is 16.9. The van der Waals surface area contributed by atoms with Gasteiger partial charge in [0.15, 0.2) is 5.83 Å². The van der Waals surface area contributed by atoms with Crippen molar-refractivity contribution in [2.24, 2.45) is 15.0 Å². The quantitative estimate of drug-likeness (QED) is 0.342. The van der Waals surface area contributed by atoms with E-state index in [1.165, 1.54) is 6.07 Å². The highest BCUT2D eigenvalue weighted by Crippen LogP contribution is 2.46. The molecule has 2 bridgehead atoms. The molecule has 1 saturated carbocycles. The second-order valence-electron chi connectivity index (χ2n) is 14.6. The molecule has 1 aromatic rings. The van der Waals surface area contributed by atoms with Gasteiger partial charge in [-0.25, -0.2) is 18.6 Å². The summed E-state index contributed by atoms with van der Waals surface area (Å²) in [6.07, 6.45) is 9.18. The number of likely N-dealkylation sites (tertiary alicyclic amines) is 1. The molecule has 5 heterocycles. The molecular weight excluding hydrogens is 574 g/mol. The van der Waals surface area contributed by atoms with E-state index in [0.29, 0.717) is 42.2 Å². The SMILES string of the molecule is C=N/C(=C1/C=NC(c2cccc(F)c2C2CC2)=C(F)/C1=N/CC12CCCN1CCC2)N1CC2CCC(C1)N2C(=O)OC(C)(C)C. The third-order valence-electron chi connectivity index (χ3n) is 10.4. The van der Waals surface area contributed by atoms with Crippen molar-refractivity contribution in [3.05, 3.63) is 52.4 Å². The van der Waals surface area contributed by atoms with Crippen molar-refractivity contribution < 1.29 is 18.3 Å². The smallest absolute Gasteiger partial charge is 0.410 e. The highest BCUT2D eigenvalue weighted by molar-refractivity contribution is 6.28. The summed E-state index contributed by atoms with van der Waals surface area (Å²) < 4.78 is 37.7. The van der Waals surface area contributed by atoms with E-state index in [2.05, 4.69) is 26.5 Å². The van der Waals surface area contributed by atoms with Crippen LogP contribution < -0.4 is 0 Å². The number of halogens is 2. The van der Waals surface area contributed by atoms with Crippen LogP contribution in [0.5, 0.6) is 0 Å². The van der Waals surface area contributed by atoms with Crippen LogP contribution in [0.15, 0.2) is 50.4 Å². The molecule has 0 radical (unpaired) electrons. The fourth-order valence-electron chi connectivity index (χ4n) is 8.27. The van der Waals surface area contributed by atoms with E-state index < -0.39 is 11.4 Å². The number of piperazine rings is 1. The number of nitrogens with zero attached hydrogens (tertiary/aromatic N) is 6. The van der Waals surface area contributed by atoms with Gasteiger partial charge in [-0.15, -0.1) is 0 Å². The Morgan fingerprint density at radius 2 is 1.78 bits per heavy atom. The first kappa shape index (κ1) is 30.3. The summed E-state index contributed by atoms with van der Waals surface area (Å²) >= 11 is 0. The van der Waals surface area contributed by atoms with E-state index in [4.69, 9.17) is 9.73 Å². The maximum Gasteiger partial charge on any atom is 0.410 e. The molecule has 7 rings (SSSR count). The summed E-state index contributed by atoms with van der Waals surface area (Å²) in [5, 5.41) is 0. The van der Waals surface area contributed by atoms with E-state index in [1.54, 1.807) is 18.3 Å². The van der Waals surface area contributed by atoms with Crippen molar-refractivity contribution in [3.63, 3.8) is 0 Å². The second-order valence-corrected chi connectivity index (χ2v) is 14.6. The molecule has 5 aliphatic heterocycles. The Kier molecular flexibility index (Phi) is 7.69. The first-order valence-electron chi connectivity index (χ1n) is 16.6. The Labute approximate surface area is 264 Å². The van der Waals surface area contributed by atoms with Crippen LogP contribution in [0.25, 0.3) is 5.70 Å². The van der Waals surface area contributed by atoms with E-state index in [1.807, 2.05) is 25.7 Å². The largest absolute Gasteiger partial charge is 0.444 e. The van der Waals surface area contributed by atoms with Crippen LogP contribution >= 0.6 is 0 Å². The summed E-state index contributed by atoms with van der Waals surface area (Å²) in [6.45, 7) is 13.2. The second kappa shape index (κ2) is 11.4. The van der Waals surface area contributed by atoms with Crippen molar-refractivity contribution >= 4 is 30.4 Å². The van der Waals surface area contributed by atoms with E-state index in [9.17, 15) is 4.79 Å². The summed E-state index contributed by atoms with van der Waals surface area (Å²) in [4.78, 5) is 33.7. The number of hydrogen-bond donors (Lipinski definition) is 0. The number of fused-ring (bicyclic) bond motifs is 3. The summed E-state index contributed by atoms with van der Waals surface area (Å²) in [5.74, 6) is -0.263. The average molecular weight is 619 g/mol. The molecule has 5 fully saturated rings. The third kappa shape index (κ3) is 5.53. The number of benzene rings is 1. The van der Waals surface area contributed by atoms with E-state index in [0.717, 1.165) is 64.5 Å². The fraction of sp³-hybridized carbons (Fsp3) is 0.600. The molecule has 1 aliphatic carbocycles. The van der Waals surface area contributed by atoms with Crippen LogP contribution in [0.3, 0.4) is 0 Å². The lowest BCUT2D eigenvalue weighted by Gasteiger charge is -2.42. The molecule has 1 aromatic carbocycles. The minimum absolute atomic E-state index is 0.0503. The van der Waals surface area contributed by atoms with Crippen LogP contribution in [0.2, 0.25) is 0 Å². The van der Waals surface area contributed by atoms with Gasteiger partial charge in [0, 0.05) is 36.0 Å². The predicted octanol–water partition coefficient (Wildman–Crippen LogP) is 6.49. The summed E-state index contributed by atoms with van der Waals surface area (Å²) in [5.41, 5.74) is 1.23. The molecule has 240 valence electrons. The zero-order valence-electron chi connectivity index (χ0n) is 26.7. The molecule has 6 aliphatic rings. The number of amides is 1. The average Bonchev–Trinajstić information content (AvgIpc) is 3.53.